The molecule has 0 unspecified atom stereocenters. The average molecular weight is 360 g/mol. The molecule has 0 saturated carbocycles. The van der Waals surface area contributed by atoms with Gasteiger partial charge in [0.05, 0.1) is 24.1 Å². The molecule has 0 radical (unpaired) electrons. The molecule has 7 heteroatoms. The summed E-state index contributed by atoms with van der Waals surface area (Å²) in [6.07, 6.45) is 1.81. The molecule has 0 aromatic carbocycles. The highest BCUT2D eigenvalue weighted by atomic mass is 16.5. The molecule has 0 spiro atoms. The van der Waals surface area contributed by atoms with E-state index in [-0.39, 0.29) is 11.5 Å². The van der Waals surface area contributed by atoms with Crippen LogP contribution < -0.4 is 10.9 Å². The third kappa shape index (κ3) is 3.99. The van der Waals surface area contributed by atoms with Crippen LogP contribution in [0.25, 0.3) is 10.9 Å². The van der Waals surface area contributed by atoms with Gasteiger partial charge in [-0.2, -0.15) is 0 Å². The topological polar surface area (TPSA) is 68.5 Å². The largest absolute Gasteiger partial charge is 0.379 e. The van der Waals surface area contributed by atoms with Crippen molar-refractivity contribution < 1.29 is 9.53 Å². The normalized spacial score (nSPS) is 15.7. The van der Waals surface area contributed by atoms with E-state index >= 15 is 0 Å². The maximum Gasteiger partial charge on any atom is 0.267 e. The predicted octanol–water partition coefficient (Wildman–Crippen LogP) is 1.06. The minimum atomic E-state index is -0.147. The van der Waals surface area contributed by atoms with Gasteiger partial charge in [-0.1, -0.05) is 13.8 Å². The Labute approximate surface area is 153 Å². The molecule has 0 bridgehead atoms. The van der Waals surface area contributed by atoms with Crippen LogP contribution in [0.4, 0.5) is 0 Å². The number of nitrogens with one attached hydrogen (secondary N) is 1. The number of hydrogen-bond donors (Lipinski definition) is 1. The first-order chi connectivity index (χ1) is 12.5. The quantitative estimate of drug-likeness (QED) is 0.836. The molecule has 1 fully saturated rings. The summed E-state index contributed by atoms with van der Waals surface area (Å²) in [7, 11) is 1.82. The highest BCUT2D eigenvalue weighted by Gasteiger charge is 2.17. The van der Waals surface area contributed by atoms with Crippen molar-refractivity contribution in [1.82, 2.24) is 19.4 Å². The summed E-state index contributed by atoms with van der Waals surface area (Å²) in [6, 6.07) is 3.61. The minimum Gasteiger partial charge on any atom is -0.379 e. The van der Waals surface area contributed by atoms with Crippen LogP contribution in [0.1, 0.15) is 24.3 Å². The van der Waals surface area contributed by atoms with Crippen LogP contribution in [0, 0.1) is 5.92 Å². The Morgan fingerprint density at radius 3 is 2.73 bits per heavy atom. The minimum absolute atomic E-state index is 0.0424. The van der Waals surface area contributed by atoms with Gasteiger partial charge in [0.1, 0.15) is 5.69 Å². The van der Waals surface area contributed by atoms with Crippen molar-refractivity contribution in [3.63, 3.8) is 0 Å². The lowest BCUT2D eigenvalue weighted by Gasteiger charge is -2.26. The summed E-state index contributed by atoms with van der Waals surface area (Å²) in [5.41, 5.74) is 1.26. The van der Waals surface area contributed by atoms with E-state index in [0.717, 1.165) is 38.4 Å². The van der Waals surface area contributed by atoms with E-state index in [0.29, 0.717) is 30.1 Å². The molecule has 1 amide bonds. The van der Waals surface area contributed by atoms with Crippen molar-refractivity contribution in [2.45, 2.75) is 20.4 Å². The standard InChI is InChI=1S/C19H28N4O3/c1-14(2)13-23-6-4-16-15(19(23)25)12-17(21(16)3)18(24)20-5-7-22-8-10-26-11-9-22/h4,6,12,14H,5,7-11,13H2,1-3H3,(H,20,24). The van der Waals surface area contributed by atoms with E-state index in [1.165, 1.54) is 0 Å². The van der Waals surface area contributed by atoms with E-state index in [4.69, 9.17) is 4.74 Å². The number of carbonyl (C=O) groups excluding carboxylic acids is 1. The van der Waals surface area contributed by atoms with Crippen molar-refractivity contribution in [2.24, 2.45) is 13.0 Å². The lowest BCUT2D eigenvalue weighted by Crippen LogP contribution is -2.41. The number of aryl methyl sites for hydroxylation is 1. The zero-order valence-electron chi connectivity index (χ0n) is 15.8. The number of pyridine rings is 1. The van der Waals surface area contributed by atoms with Gasteiger partial charge in [-0.3, -0.25) is 14.5 Å². The van der Waals surface area contributed by atoms with Gasteiger partial charge in [-0.15, -0.1) is 0 Å². The third-order valence-electron chi connectivity index (χ3n) is 4.80. The van der Waals surface area contributed by atoms with Crippen LogP contribution in [0.3, 0.4) is 0 Å². The second kappa shape index (κ2) is 8.05. The summed E-state index contributed by atoms with van der Waals surface area (Å²) in [4.78, 5) is 27.5. The zero-order valence-corrected chi connectivity index (χ0v) is 15.8. The molecule has 2 aromatic rings. The Bertz CT molecular complexity index is 831. The van der Waals surface area contributed by atoms with Crippen molar-refractivity contribution in [3.8, 4) is 0 Å². The zero-order chi connectivity index (χ0) is 18.7. The van der Waals surface area contributed by atoms with Crippen LogP contribution in [0.5, 0.6) is 0 Å². The summed E-state index contributed by atoms with van der Waals surface area (Å²) in [5, 5.41) is 3.55. The molecule has 142 valence electrons. The second-order valence-electron chi connectivity index (χ2n) is 7.26. The predicted molar refractivity (Wildman–Crippen MR) is 102 cm³/mol. The molecule has 1 N–H and O–H groups in total. The average Bonchev–Trinajstić information content (AvgIpc) is 2.96. The molecule has 2 aromatic heterocycles. The Hall–Kier alpha value is -2.12. The van der Waals surface area contributed by atoms with Crippen LogP contribution in [-0.2, 0) is 18.3 Å². The lowest BCUT2D eigenvalue weighted by atomic mass is 10.2. The first kappa shape index (κ1) is 18.7. The van der Waals surface area contributed by atoms with E-state index in [1.807, 2.05) is 19.3 Å². The van der Waals surface area contributed by atoms with E-state index in [1.54, 1.807) is 15.2 Å². The van der Waals surface area contributed by atoms with Crippen LogP contribution >= 0.6 is 0 Å². The fraction of sp³-hybridized carbons (Fsp3) is 0.579. The number of carbonyl (C=O) groups is 1. The van der Waals surface area contributed by atoms with Crippen molar-refractivity contribution in [1.29, 1.82) is 0 Å². The van der Waals surface area contributed by atoms with Crippen LogP contribution in [0.15, 0.2) is 23.1 Å². The van der Waals surface area contributed by atoms with Crippen molar-refractivity contribution in [3.05, 3.63) is 34.4 Å². The molecule has 1 aliphatic rings. The van der Waals surface area contributed by atoms with Crippen molar-refractivity contribution in [2.75, 3.05) is 39.4 Å². The number of amides is 1. The molecular formula is C19H28N4O3. The van der Waals surface area contributed by atoms with Gasteiger partial charge >= 0.3 is 0 Å². The van der Waals surface area contributed by atoms with Gasteiger partial charge in [0.25, 0.3) is 11.5 Å². The number of rotatable bonds is 6. The molecule has 26 heavy (non-hydrogen) atoms. The molecule has 3 heterocycles. The molecule has 0 aliphatic carbocycles. The highest BCUT2D eigenvalue weighted by molar-refractivity contribution is 5.98. The third-order valence-corrected chi connectivity index (χ3v) is 4.80. The maximum atomic E-state index is 12.7. The summed E-state index contributed by atoms with van der Waals surface area (Å²) >= 11 is 0. The van der Waals surface area contributed by atoms with Gasteiger partial charge in [0.2, 0.25) is 0 Å². The number of morpholine rings is 1. The molecule has 1 saturated heterocycles. The van der Waals surface area contributed by atoms with E-state index < -0.39 is 0 Å². The molecule has 0 atom stereocenters. The monoisotopic (exact) mass is 360 g/mol. The number of aromatic nitrogens is 2. The molecular weight excluding hydrogens is 332 g/mol. The van der Waals surface area contributed by atoms with Crippen LogP contribution in [-0.4, -0.2) is 59.3 Å². The smallest absolute Gasteiger partial charge is 0.267 e. The number of hydrogen-bond acceptors (Lipinski definition) is 4. The van der Waals surface area contributed by atoms with E-state index in [2.05, 4.69) is 24.1 Å². The Kier molecular flexibility index (Phi) is 5.78. The summed E-state index contributed by atoms with van der Waals surface area (Å²) in [5.74, 6) is 0.239. The van der Waals surface area contributed by atoms with Crippen LogP contribution in [0.2, 0.25) is 0 Å². The molecule has 3 rings (SSSR count). The Morgan fingerprint density at radius 1 is 1.31 bits per heavy atom. The number of ether oxygens (including phenoxy) is 1. The Morgan fingerprint density at radius 2 is 2.04 bits per heavy atom. The van der Waals surface area contributed by atoms with Gasteiger partial charge in [0, 0.05) is 46.0 Å². The number of nitrogens with zero attached hydrogens (tertiary/aromatic N) is 3. The summed E-state index contributed by atoms with van der Waals surface area (Å²) < 4.78 is 8.83. The fourth-order valence-corrected chi connectivity index (χ4v) is 3.37. The van der Waals surface area contributed by atoms with Gasteiger partial charge in [-0.05, 0) is 18.1 Å². The Balaban J connectivity index is 1.72. The van der Waals surface area contributed by atoms with Crippen molar-refractivity contribution >= 4 is 16.8 Å². The molecule has 7 nitrogen and oxygen atoms in total. The maximum absolute atomic E-state index is 12.7. The fourth-order valence-electron chi connectivity index (χ4n) is 3.37. The van der Waals surface area contributed by atoms with Gasteiger partial charge in [0.15, 0.2) is 0 Å². The highest BCUT2D eigenvalue weighted by Crippen LogP contribution is 2.15. The first-order valence-electron chi connectivity index (χ1n) is 9.24. The van der Waals surface area contributed by atoms with E-state index in [9.17, 15) is 9.59 Å². The number of fused-ring (bicyclic) bond motifs is 1. The lowest BCUT2D eigenvalue weighted by molar-refractivity contribution is 0.0383. The van der Waals surface area contributed by atoms with Gasteiger partial charge in [-0.25, -0.2) is 0 Å². The SMILES string of the molecule is CC(C)Cn1ccc2c(cc(C(=O)NCCN3CCOCC3)n2C)c1=O. The second-order valence-corrected chi connectivity index (χ2v) is 7.26. The van der Waals surface area contributed by atoms with Gasteiger partial charge < -0.3 is 19.2 Å². The first-order valence-corrected chi connectivity index (χ1v) is 9.24. The molecule has 1 aliphatic heterocycles. The summed E-state index contributed by atoms with van der Waals surface area (Å²) in [6.45, 7) is 9.52.